The summed E-state index contributed by atoms with van der Waals surface area (Å²) in [5, 5.41) is 13.4. The van der Waals surface area contributed by atoms with Gasteiger partial charge in [0.15, 0.2) is 5.65 Å². The number of fused-ring (bicyclic) bond motifs is 1. The smallest absolute Gasteiger partial charge is 0.341 e. The fourth-order valence-corrected chi connectivity index (χ4v) is 3.51. The Kier molecular flexibility index (Phi) is 6.38. The SMILES string of the molecule is C=C(C(CCCN)=N/C=C(\C)F)[C@H]1CCCN1c1ccn2ncc(C(=O)O)c2n1. The van der Waals surface area contributed by atoms with Gasteiger partial charge in [-0.3, -0.25) is 4.99 Å². The monoisotopic (exact) mass is 400 g/mol. The molecule has 0 unspecified atom stereocenters. The first-order valence-corrected chi connectivity index (χ1v) is 9.55. The number of aromatic nitrogens is 3. The van der Waals surface area contributed by atoms with Crippen LogP contribution in [0.15, 0.2) is 47.6 Å². The first kappa shape index (κ1) is 20.7. The molecule has 3 N–H and O–H groups in total. The summed E-state index contributed by atoms with van der Waals surface area (Å²) in [7, 11) is 0. The van der Waals surface area contributed by atoms with Crippen molar-refractivity contribution in [2.24, 2.45) is 10.7 Å². The van der Waals surface area contributed by atoms with Crippen LogP contribution in [0, 0.1) is 0 Å². The molecule has 3 rings (SSSR count). The minimum atomic E-state index is -1.07. The first-order chi connectivity index (χ1) is 13.9. The lowest BCUT2D eigenvalue weighted by atomic mass is 9.98. The van der Waals surface area contributed by atoms with E-state index in [1.54, 1.807) is 12.3 Å². The Morgan fingerprint density at radius 1 is 1.55 bits per heavy atom. The van der Waals surface area contributed by atoms with Gasteiger partial charge in [-0.05, 0) is 50.8 Å². The molecule has 1 aliphatic heterocycles. The van der Waals surface area contributed by atoms with Crippen LogP contribution in [0.3, 0.4) is 0 Å². The Morgan fingerprint density at radius 3 is 3.03 bits per heavy atom. The number of carboxylic acids is 1. The lowest BCUT2D eigenvalue weighted by Gasteiger charge is -2.28. The quantitative estimate of drug-likeness (QED) is 0.660. The predicted octanol–water partition coefficient (Wildman–Crippen LogP) is 2.96. The largest absolute Gasteiger partial charge is 0.477 e. The molecule has 0 radical (unpaired) electrons. The highest BCUT2D eigenvalue weighted by molar-refractivity contribution is 6.01. The van der Waals surface area contributed by atoms with Crippen LogP contribution >= 0.6 is 0 Å². The standard InChI is InChI=1S/C20H25FN6O2/c1-13(21)11-23-16(5-3-8-22)14(2)17-6-4-9-26(17)18-7-10-27-19(25-18)15(12-24-27)20(28)29/h7,10-12,17H,2-6,8-9,22H2,1H3,(H,28,29)/b13-11+,23-16?/t17-/m1/s1. The summed E-state index contributed by atoms with van der Waals surface area (Å²) in [6.07, 6.45) is 7.32. The van der Waals surface area contributed by atoms with Gasteiger partial charge >= 0.3 is 5.97 Å². The van der Waals surface area contributed by atoms with Crippen LogP contribution in [0.2, 0.25) is 0 Å². The number of allylic oxidation sites excluding steroid dienone is 1. The zero-order valence-electron chi connectivity index (χ0n) is 16.4. The maximum atomic E-state index is 13.2. The van der Waals surface area contributed by atoms with E-state index in [9.17, 15) is 14.3 Å². The molecule has 0 aromatic carbocycles. The number of aliphatic imine (C=N–C) groups is 1. The second-order valence-electron chi connectivity index (χ2n) is 6.98. The fraction of sp³-hybridized carbons (Fsp3) is 0.400. The summed E-state index contributed by atoms with van der Waals surface area (Å²) in [5.41, 5.74) is 7.51. The van der Waals surface area contributed by atoms with Crippen LogP contribution in [-0.4, -0.2) is 50.5 Å². The van der Waals surface area contributed by atoms with Crippen molar-refractivity contribution in [3.05, 3.63) is 48.2 Å². The van der Waals surface area contributed by atoms with Gasteiger partial charge < -0.3 is 15.7 Å². The molecule has 2 aromatic rings. The molecule has 0 amide bonds. The van der Waals surface area contributed by atoms with E-state index in [-0.39, 0.29) is 17.4 Å². The van der Waals surface area contributed by atoms with E-state index in [4.69, 9.17) is 5.73 Å². The number of hydrogen-bond acceptors (Lipinski definition) is 6. The van der Waals surface area contributed by atoms with Crippen molar-refractivity contribution in [2.75, 3.05) is 18.0 Å². The van der Waals surface area contributed by atoms with E-state index in [2.05, 4.69) is 26.6 Å². The zero-order valence-corrected chi connectivity index (χ0v) is 16.4. The predicted molar refractivity (Wildman–Crippen MR) is 110 cm³/mol. The molecule has 8 nitrogen and oxygen atoms in total. The van der Waals surface area contributed by atoms with Crippen molar-refractivity contribution in [3.63, 3.8) is 0 Å². The van der Waals surface area contributed by atoms with Crippen LogP contribution < -0.4 is 10.6 Å². The molecule has 1 atom stereocenters. The Bertz CT molecular complexity index is 977. The number of carbonyl (C=O) groups is 1. The van der Waals surface area contributed by atoms with E-state index in [0.717, 1.165) is 37.1 Å². The number of hydrogen-bond donors (Lipinski definition) is 2. The number of nitrogens with two attached hydrogens (primary N) is 1. The first-order valence-electron chi connectivity index (χ1n) is 9.55. The highest BCUT2D eigenvalue weighted by Crippen LogP contribution is 2.30. The third kappa shape index (κ3) is 4.51. The van der Waals surface area contributed by atoms with Crippen molar-refractivity contribution < 1.29 is 14.3 Å². The molecule has 3 heterocycles. The molecule has 154 valence electrons. The molecular formula is C20H25FN6O2. The molecule has 9 heteroatoms. The number of aromatic carboxylic acids is 1. The van der Waals surface area contributed by atoms with Gasteiger partial charge in [-0.1, -0.05) is 6.58 Å². The maximum Gasteiger partial charge on any atom is 0.341 e. The lowest BCUT2D eigenvalue weighted by molar-refractivity contribution is 0.0698. The number of anilines is 1. The summed E-state index contributed by atoms with van der Waals surface area (Å²) >= 11 is 0. The molecule has 0 spiro atoms. The van der Waals surface area contributed by atoms with Crippen LogP contribution in [0.4, 0.5) is 10.2 Å². The zero-order chi connectivity index (χ0) is 21.0. The van der Waals surface area contributed by atoms with Gasteiger partial charge in [-0.25, -0.2) is 18.7 Å². The Labute approximate surface area is 168 Å². The van der Waals surface area contributed by atoms with E-state index in [1.807, 2.05) is 0 Å². The van der Waals surface area contributed by atoms with Gasteiger partial charge in [0.05, 0.1) is 18.4 Å². The average molecular weight is 400 g/mol. The van der Waals surface area contributed by atoms with Gasteiger partial charge in [0.25, 0.3) is 0 Å². The van der Waals surface area contributed by atoms with Crippen LogP contribution in [0.1, 0.15) is 43.0 Å². The lowest BCUT2D eigenvalue weighted by Crippen LogP contribution is -2.34. The molecule has 0 bridgehead atoms. The normalized spacial score (nSPS) is 17.9. The fourth-order valence-electron chi connectivity index (χ4n) is 3.51. The summed E-state index contributed by atoms with van der Waals surface area (Å²) in [5.74, 6) is -0.795. The summed E-state index contributed by atoms with van der Waals surface area (Å²) in [4.78, 5) is 22.3. The summed E-state index contributed by atoms with van der Waals surface area (Å²) in [6, 6.07) is 1.76. The van der Waals surface area contributed by atoms with Gasteiger partial charge in [-0.2, -0.15) is 5.10 Å². The molecule has 0 aliphatic carbocycles. The van der Waals surface area contributed by atoms with Gasteiger partial charge in [0, 0.05) is 18.5 Å². The third-order valence-electron chi connectivity index (χ3n) is 4.92. The molecular weight excluding hydrogens is 375 g/mol. The number of halogens is 1. The third-order valence-corrected chi connectivity index (χ3v) is 4.92. The number of nitrogens with zero attached hydrogens (tertiary/aromatic N) is 5. The van der Waals surface area contributed by atoms with E-state index in [0.29, 0.717) is 24.4 Å². The van der Waals surface area contributed by atoms with Crippen molar-refractivity contribution in [1.29, 1.82) is 0 Å². The molecule has 1 saturated heterocycles. The van der Waals surface area contributed by atoms with E-state index >= 15 is 0 Å². The number of carboxylic acid groups (broad SMARTS) is 1. The molecule has 2 aromatic heterocycles. The van der Waals surface area contributed by atoms with Crippen LogP contribution in [0.5, 0.6) is 0 Å². The van der Waals surface area contributed by atoms with Crippen molar-refractivity contribution in [3.8, 4) is 0 Å². The molecule has 29 heavy (non-hydrogen) atoms. The van der Waals surface area contributed by atoms with E-state index in [1.165, 1.54) is 23.8 Å². The second-order valence-corrected chi connectivity index (χ2v) is 6.98. The van der Waals surface area contributed by atoms with Crippen LogP contribution in [0.25, 0.3) is 5.65 Å². The average Bonchev–Trinajstić information content (AvgIpc) is 3.33. The van der Waals surface area contributed by atoms with Gasteiger partial charge in [0.1, 0.15) is 17.2 Å². The second kappa shape index (κ2) is 8.95. The van der Waals surface area contributed by atoms with Gasteiger partial charge in [0.2, 0.25) is 0 Å². The minimum absolute atomic E-state index is 0.0500. The Hall–Kier alpha value is -3.07. The molecule has 0 saturated carbocycles. The van der Waals surface area contributed by atoms with E-state index < -0.39 is 5.97 Å². The highest BCUT2D eigenvalue weighted by atomic mass is 19.1. The Balaban J connectivity index is 1.92. The topological polar surface area (TPSA) is 109 Å². The van der Waals surface area contributed by atoms with Crippen molar-refractivity contribution >= 4 is 23.1 Å². The Morgan fingerprint density at radius 2 is 2.34 bits per heavy atom. The van der Waals surface area contributed by atoms with Crippen LogP contribution in [-0.2, 0) is 0 Å². The molecule has 1 aliphatic rings. The maximum absolute atomic E-state index is 13.2. The number of rotatable bonds is 8. The van der Waals surface area contributed by atoms with Gasteiger partial charge in [-0.15, -0.1) is 0 Å². The highest BCUT2D eigenvalue weighted by Gasteiger charge is 2.30. The minimum Gasteiger partial charge on any atom is -0.477 e. The summed E-state index contributed by atoms with van der Waals surface area (Å²) in [6.45, 7) is 6.85. The molecule has 1 fully saturated rings. The van der Waals surface area contributed by atoms with Crippen molar-refractivity contribution in [2.45, 2.75) is 38.6 Å². The summed E-state index contributed by atoms with van der Waals surface area (Å²) < 4.78 is 14.7. The van der Waals surface area contributed by atoms with Crippen molar-refractivity contribution in [1.82, 2.24) is 14.6 Å².